The van der Waals surface area contributed by atoms with E-state index in [4.69, 9.17) is 22.1 Å². The van der Waals surface area contributed by atoms with E-state index in [-0.39, 0.29) is 0 Å². The fraction of sp³-hybridized carbons (Fsp3) is 0.364. The third kappa shape index (κ3) is 3.98. The molecule has 0 saturated carbocycles. The number of nitrogens with two attached hydrogens (primary N) is 1. The van der Waals surface area contributed by atoms with Gasteiger partial charge in [0.15, 0.2) is 5.96 Å². The van der Waals surface area contributed by atoms with E-state index < -0.39 is 0 Å². The van der Waals surface area contributed by atoms with E-state index in [1.165, 1.54) is 0 Å². The van der Waals surface area contributed by atoms with Gasteiger partial charge in [0.25, 0.3) is 0 Å². The quantitative estimate of drug-likeness (QED) is 0.644. The minimum Gasteiger partial charge on any atom is -0.492 e. The summed E-state index contributed by atoms with van der Waals surface area (Å²) in [5.74, 6) is 1.30. The summed E-state index contributed by atoms with van der Waals surface area (Å²) < 4.78 is 5.52. The van der Waals surface area contributed by atoms with Crippen molar-refractivity contribution in [2.75, 3.05) is 27.2 Å². The SMILES string of the molecule is CN=C(N)N(C)CCOc1ccc(Cl)cc1. The van der Waals surface area contributed by atoms with Crippen molar-refractivity contribution in [3.8, 4) is 5.75 Å². The van der Waals surface area contributed by atoms with Crippen molar-refractivity contribution in [2.45, 2.75) is 0 Å². The number of benzene rings is 1. The molecule has 0 spiro atoms. The molecule has 2 N–H and O–H groups in total. The monoisotopic (exact) mass is 241 g/mol. The first kappa shape index (κ1) is 12.6. The zero-order chi connectivity index (χ0) is 12.0. The normalized spacial score (nSPS) is 11.3. The molecule has 5 heteroatoms. The highest BCUT2D eigenvalue weighted by Gasteiger charge is 2.00. The molecule has 88 valence electrons. The van der Waals surface area contributed by atoms with Gasteiger partial charge in [-0.3, -0.25) is 4.99 Å². The zero-order valence-corrected chi connectivity index (χ0v) is 10.2. The standard InChI is InChI=1S/C11H16ClN3O/c1-14-11(13)15(2)7-8-16-10-5-3-9(12)4-6-10/h3-6H,7-8H2,1-2H3,(H2,13,14). The van der Waals surface area contributed by atoms with Crippen molar-refractivity contribution >= 4 is 17.6 Å². The predicted octanol–water partition coefficient (Wildman–Crippen LogP) is 1.60. The van der Waals surface area contributed by atoms with Gasteiger partial charge in [0.05, 0.1) is 6.54 Å². The summed E-state index contributed by atoms with van der Waals surface area (Å²) in [7, 11) is 3.53. The van der Waals surface area contributed by atoms with Crippen molar-refractivity contribution in [3.63, 3.8) is 0 Å². The minimum atomic E-state index is 0.500. The highest BCUT2D eigenvalue weighted by atomic mass is 35.5. The van der Waals surface area contributed by atoms with Gasteiger partial charge in [-0.25, -0.2) is 0 Å². The number of nitrogens with zero attached hydrogens (tertiary/aromatic N) is 2. The van der Waals surface area contributed by atoms with Gasteiger partial charge in [-0.15, -0.1) is 0 Å². The average Bonchev–Trinajstić information content (AvgIpc) is 2.30. The summed E-state index contributed by atoms with van der Waals surface area (Å²) in [6.07, 6.45) is 0. The molecule has 0 saturated heterocycles. The molecule has 0 heterocycles. The van der Waals surface area contributed by atoms with Gasteiger partial charge in [0, 0.05) is 19.1 Å². The van der Waals surface area contributed by atoms with E-state index in [2.05, 4.69) is 4.99 Å². The van der Waals surface area contributed by atoms with E-state index in [0.29, 0.717) is 24.1 Å². The fourth-order valence-electron chi connectivity index (χ4n) is 1.12. The maximum absolute atomic E-state index is 5.76. The van der Waals surface area contributed by atoms with Gasteiger partial charge in [-0.1, -0.05) is 11.6 Å². The molecule has 0 unspecified atom stereocenters. The maximum Gasteiger partial charge on any atom is 0.190 e. The van der Waals surface area contributed by atoms with Crippen molar-refractivity contribution < 1.29 is 4.74 Å². The van der Waals surface area contributed by atoms with Crippen LogP contribution < -0.4 is 10.5 Å². The molecular weight excluding hydrogens is 226 g/mol. The third-order valence-corrected chi connectivity index (χ3v) is 2.38. The number of aliphatic imine (C=N–C) groups is 1. The summed E-state index contributed by atoms with van der Waals surface area (Å²) in [6.45, 7) is 1.24. The number of guanidine groups is 1. The van der Waals surface area contributed by atoms with Gasteiger partial charge in [-0.2, -0.15) is 0 Å². The van der Waals surface area contributed by atoms with Gasteiger partial charge in [-0.05, 0) is 24.3 Å². The molecule has 0 radical (unpaired) electrons. The van der Waals surface area contributed by atoms with Crippen molar-refractivity contribution in [3.05, 3.63) is 29.3 Å². The Hall–Kier alpha value is -1.42. The molecule has 0 amide bonds. The van der Waals surface area contributed by atoms with Crippen LogP contribution in [-0.4, -0.2) is 38.1 Å². The number of hydrogen-bond donors (Lipinski definition) is 1. The van der Waals surface area contributed by atoms with Gasteiger partial charge < -0.3 is 15.4 Å². The Morgan fingerprint density at radius 2 is 2.06 bits per heavy atom. The van der Waals surface area contributed by atoms with Crippen LogP contribution >= 0.6 is 11.6 Å². The highest BCUT2D eigenvalue weighted by Crippen LogP contribution is 2.15. The third-order valence-electron chi connectivity index (χ3n) is 2.13. The molecule has 1 aromatic rings. The first-order valence-corrected chi connectivity index (χ1v) is 5.33. The molecule has 0 aliphatic carbocycles. The van der Waals surface area contributed by atoms with Crippen LogP contribution in [0.1, 0.15) is 0 Å². The number of rotatable bonds is 4. The Morgan fingerprint density at radius 3 is 2.62 bits per heavy atom. The first-order chi connectivity index (χ1) is 7.63. The lowest BCUT2D eigenvalue weighted by molar-refractivity contribution is 0.283. The van der Waals surface area contributed by atoms with Crippen LogP contribution in [0.2, 0.25) is 5.02 Å². The second kappa shape index (κ2) is 6.23. The Balaban J connectivity index is 2.33. The number of likely N-dealkylation sites (N-methyl/N-ethyl adjacent to an activating group) is 1. The molecule has 0 atom stereocenters. The number of halogens is 1. The predicted molar refractivity (Wildman–Crippen MR) is 67.1 cm³/mol. The second-order valence-corrected chi connectivity index (χ2v) is 3.74. The Bertz CT molecular complexity index is 351. The lowest BCUT2D eigenvalue weighted by atomic mass is 10.3. The Kier molecular flexibility index (Phi) is 4.92. The average molecular weight is 242 g/mol. The summed E-state index contributed by atoms with van der Waals surface area (Å²) in [4.78, 5) is 5.70. The number of hydrogen-bond acceptors (Lipinski definition) is 2. The van der Waals surface area contributed by atoms with Crippen LogP contribution in [0.15, 0.2) is 29.3 Å². The van der Waals surface area contributed by atoms with Crippen LogP contribution in [0.25, 0.3) is 0 Å². The van der Waals surface area contributed by atoms with Crippen LogP contribution in [0.3, 0.4) is 0 Å². The van der Waals surface area contributed by atoms with Gasteiger partial charge in [0.1, 0.15) is 12.4 Å². The van der Waals surface area contributed by atoms with E-state index in [9.17, 15) is 0 Å². The van der Waals surface area contributed by atoms with E-state index in [0.717, 1.165) is 5.75 Å². The van der Waals surface area contributed by atoms with Crippen molar-refractivity contribution in [1.29, 1.82) is 0 Å². The van der Waals surface area contributed by atoms with Crippen LogP contribution in [0, 0.1) is 0 Å². The molecule has 0 bridgehead atoms. The lowest BCUT2D eigenvalue weighted by Crippen LogP contribution is -2.36. The smallest absolute Gasteiger partial charge is 0.190 e. The van der Waals surface area contributed by atoms with Crippen molar-refractivity contribution in [2.24, 2.45) is 10.7 Å². The van der Waals surface area contributed by atoms with Crippen LogP contribution in [0.5, 0.6) is 5.75 Å². The van der Waals surface area contributed by atoms with Crippen LogP contribution in [0.4, 0.5) is 0 Å². The molecule has 1 rings (SSSR count). The summed E-state index contributed by atoms with van der Waals surface area (Å²) in [6, 6.07) is 7.25. The lowest BCUT2D eigenvalue weighted by Gasteiger charge is -2.17. The topological polar surface area (TPSA) is 50.8 Å². The molecule has 0 aliphatic heterocycles. The highest BCUT2D eigenvalue weighted by molar-refractivity contribution is 6.30. The fourth-order valence-corrected chi connectivity index (χ4v) is 1.24. The van der Waals surface area contributed by atoms with Gasteiger partial charge >= 0.3 is 0 Å². The molecule has 0 fully saturated rings. The van der Waals surface area contributed by atoms with E-state index >= 15 is 0 Å². The van der Waals surface area contributed by atoms with Crippen LogP contribution in [-0.2, 0) is 0 Å². The van der Waals surface area contributed by atoms with E-state index in [1.807, 2.05) is 24.1 Å². The second-order valence-electron chi connectivity index (χ2n) is 3.31. The first-order valence-electron chi connectivity index (χ1n) is 4.95. The number of ether oxygens (including phenoxy) is 1. The largest absolute Gasteiger partial charge is 0.492 e. The molecule has 0 aliphatic rings. The Labute approximate surface area is 101 Å². The Morgan fingerprint density at radius 1 is 1.44 bits per heavy atom. The molecule has 16 heavy (non-hydrogen) atoms. The van der Waals surface area contributed by atoms with Crippen molar-refractivity contribution in [1.82, 2.24) is 4.90 Å². The zero-order valence-electron chi connectivity index (χ0n) is 9.48. The molecule has 1 aromatic carbocycles. The summed E-state index contributed by atoms with van der Waals surface area (Å²) >= 11 is 5.76. The molecular formula is C11H16ClN3O. The molecule has 0 aromatic heterocycles. The summed E-state index contributed by atoms with van der Waals surface area (Å²) in [5.41, 5.74) is 5.62. The summed E-state index contributed by atoms with van der Waals surface area (Å²) in [5, 5.41) is 0.701. The van der Waals surface area contributed by atoms with Gasteiger partial charge in [0.2, 0.25) is 0 Å². The minimum absolute atomic E-state index is 0.500. The molecule has 4 nitrogen and oxygen atoms in total. The van der Waals surface area contributed by atoms with E-state index in [1.54, 1.807) is 19.2 Å². The maximum atomic E-state index is 5.76.